The third-order valence-electron chi connectivity index (χ3n) is 23.8. The van der Waals surface area contributed by atoms with Gasteiger partial charge in [0.15, 0.2) is 0 Å². The molecule has 0 aromatic heterocycles. The van der Waals surface area contributed by atoms with Crippen molar-refractivity contribution in [2.75, 3.05) is 13.2 Å². The van der Waals surface area contributed by atoms with Crippen LogP contribution in [0.25, 0.3) is 89.0 Å². The standard InChI is InChI=1S/C31H20BO2.C31H19Br.C25H16BO2.C9H21BO3.C6H4BrI.C4H8O.C4H9.Li/c33-32-34-22-9-7-8-20(18-22)21-16-17-30-26(19-21)25-12-3-6-15-29(25)31(30)27-13-4-1-10-23(27)24-11-2-5-14-28(24)31;32-22-9-7-8-20(18-22)21-16-17-30-26(19-21)25-12-3-6-15-29(25)31(30)27-13-4-1-10-23(27)24-11-2-5-14-28(24)31;27-26-28-16-13-14-24-20(15-16)19-9-3-6-12-23(19)25(24)21-10-4-1-7-17(21)18-8-2-5-11-22(18)25;1-7(2)11-10(12-8(3)4)13-9(5)6;7-5-2-1-3-6(8)4-5;1-2-4-5-3-1;1-3-4-2;/h1-19,33H;1-19H;1-15,27H;7-9H,1-6H3;1-4H;1-4H2;1,3-4H2,2H3;/q;;;;;;-1;+1. The molecule has 0 atom stereocenters. The van der Waals surface area contributed by atoms with Gasteiger partial charge < -0.3 is 45.0 Å². The molecule has 8 nitrogen and oxygen atoms in total. The van der Waals surface area contributed by atoms with Gasteiger partial charge in [-0.15, -0.1) is 0 Å². The normalized spacial score (nSPS) is 13.5. The molecule has 22 rings (SSSR count). The first-order valence-electron chi connectivity index (χ1n) is 42.8. The van der Waals surface area contributed by atoms with Crippen LogP contribution < -0.4 is 28.2 Å². The summed E-state index contributed by atoms with van der Waals surface area (Å²) in [6.07, 6.45) is 5.17. The molecule has 15 aromatic carbocycles. The Hall–Kier alpha value is -9.86. The Morgan fingerprint density at radius 1 is 0.336 bits per heavy atom. The van der Waals surface area contributed by atoms with Gasteiger partial charge in [0, 0.05) is 44.0 Å². The van der Waals surface area contributed by atoms with Crippen LogP contribution in [0.3, 0.4) is 0 Å². The minimum Gasteiger partial charge on any atom is -0.537 e. The second kappa shape index (κ2) is 40.4. The predicted molar refractivity (Wildman–Crippen MR) is 526 cm³/mol. The van der Waals surface area contributed by atoms with Gasteiger partial charge in [0.1, 0.15) is 11.5 Å². The summed E-state index contributed by atoms with van der Waals surface area (Å²) in [6.45, 7) is 19.5. The largest absolute Gasteiger partial charge is 1.00 e. The minimum absolute atomic E-state index is 0. The van der Waals surface area contributed by atoms with Crippen molar-refractivity contribution in [2.24, 2.45) is 0 Å². The van der Waals surface area contributed by atoms with Crippen LogP contribution >= 0.6 is 54.5 Å². The SMILES string of the molecule is Brc1cccc(-c2ccc3c(c2)-c2ccccc2C32c3ccccc3-c3ccccc32)c1.Brc1cccc(I)c1.C1CCOC1.CC(C)OB(OC(C)C)OC(C)C.O[B]Oc1ccc2c(c1)-c1ccccc1C21c2ccccc2-c2ccccc21.O[B]Oc1cccc(-c2ccc3c(c2)-c2ccccc2C32c3ccccc3-c3ccccc32)c1.[CH2-]CCC.[Li+]. The summed E-state index contributed by atoms with van der Waals surface area (Å²) in [4.78, 5) is 0. The summed E-state index contributed by atoms with van der Waals surface area (Å²) < 4.78 is 35.2. The van der Waals surface area contributed by atoms with Crippen LogP contribution in [0.1, 0.15) is 141 Å². The Morgan fingerprint density at radius 3 is 0.880 bits per heavy atom. The van der Waals surface area contributed by atoms with E-state index < -0.39 is 7.32 Å². The zero-order valence-electron chi connectivity index (χ0n) is 71.8. The zero-order valence-corrected chi connectivity index (χ0v) is 77.1. The van der Waals surface area contributed by atoms with Crippen molar-refractivity contribution in [3.63, 3.8) is 0 Å². The summed E-state index contributed by atoms with van der Waals surface area (Å²) in [5.74, 6) is 1.24. The molecule has 125 heavy (non-hydrogen) atoms. The Bertz CT molecular complexity index is 6140. The van der Waals surface area contributed by atoms with Crippen molar-refractivity contribution < 1.29 is 56.9 Å². The van der Waals surface area contributed by atoms with E-state index in [0.29, 0.717) is 11.5 Å². The van der Waals surface area contributed by atoms with E-state index in [1.807, 2.05) is 84.0 Å². The van der Waals surface area contributed by atoms with E-state index in [2.05, 4.69) is 372 Å². The van der Waals surface area contributed by atoms with Crippen molar-refractivity contribution in [3.8, 4) is 101 Å². The molecule has 7 aliphatic rings. The Morgan fingerprint density at radius 2 is 0.600 bits per heavy atom. The molecule has 1 saturated heterocycles. The smallest absolute Gasteiger partial charge is 0.537 e. The van der Waals surface area contributed by atoms with Gasteiger partial charge in [0.25, 0.3) is 0 Å². The van der Waals surface area contributed by atoms with E-state index in [1.54, 1.807) is 0 Å². The molecule has 0 bridgehead atoms. The molecule has 3 spiro atoms. The fourth-order valence-electron chi connectivity index (χ4n) is 19.0. The molecule has 0 unspecified atom stereocenters. The minimum atomic E-state index is -0.542. The van der Waals surface area contributed by atoms with Gasteiger partial charge in [-0.1, -0.05) is 324 Å². The maximum Gasteiger partial charge on any atom is 1.00 e. The van der Waals surface area contributed by atoms with E-state index in [1.165, 1.54) is 162 Å². The molecule has 2 radical (unpaired) electrons. The topological polar surface area (TPSA) is 95.8 Å². The van der Waals surface area contributed by atoms with Crippen LogP contribution in [-0.2, 0) is 34.9 Å². The van der Waals surface area contributed by atoms with E-state index in [0.717, 1.165) is 60.6 Å². The number of ether oxygens (including phenoxy) is 1. The van der Waals surface area contributed by atoms with Crippen LogP contribution in [0.4, 0.5) is 0 Å². The predicted octanol–water partition coefficient (Wildman–Crippen LogP) is 24.7. The van der Waals surface area contributed by atoms with Crippen molar-refractivity contribution >= 4 is 77.1 Å². The van der Waals surface area contributed by atoms with E-state index in [4.69, 9.17) is 38.1 Å². The van der Waals surface area contributed by atoms with Crippen LogP contribution in [0, 0.1) is 10.5 Å². The molecular formula is C110H97B3Br2ILiO8. The Kier molecular flexibility index (Phi) is 29.1. The summed E-state index contributed by atoms with van der Waals surface area (Å²) >= 11 is 9.27. The number of hydrogen-bond donors (Lipinski definition) is 2. The molecule has 1 heterocycles. The molecule has 15 heteroatoms. The number of benzene rings is 15. The van der Waals surface area contributed by atoms with Crippen molar-refractivity contribution in [1.82, 2.24) is 0 Å². The van der Waals surface area contributed by atoms with Gasteiger partial charge in [0.05, 0.1) is 16.2 Å². The van der Waals surface area contributed by atoms with Crippen LogP contribution in [-0.4, -0.2) is 64.3 Å². The first-order valence-corrected chi connectivity index (χ1v) is 45.4. The number of fused-ring (bicyclic) bond motifs is 30. The van der Waals surface area contributed by atoms with Crippen molar-refractivity contribution in [2.45, 2.75) is 109 Å². The van der Waals surface area contributed by atoms with E-state index >= 15 is 0 Å². The maximum atomic E-state index is 9.08. The van der Waals surface area contributed by atoms with Crippen molar-refractivity contribution in [1.29, 1.82) is 0 Å². The summed E-state index contributed by atoms with van der Waals surface area (Å²) in [5, 5.41) is 18.1. The van der Waals surface area contributed by atoms with Crippen LogP contribution in [0.5, 0.6) is 11.5 Å². The third kappa shape index (κ3) is 17.5. The average Bonchev–Trinajstić information content (AvgIpc) is 1.52. The number of rotatable bonds is 13. The van der Waals surface area contributed by atoms with Crippen LogP contribution in [0.2, 0.25) is 0 Å². The average molecular weight is 1870 g/mol. The van der Waals surface area contributed by atoms with Gasteiger partial charge in [-0.2, -0.15) is 6.42 Å². The quantitative estimate of drug-likeness (QED) is 0.0670. The first-order chi connectivity index (χ1) is 60.6. The molecule has 15 aromatic rings. The Balaban J connectivity index is 0.000000124. The number of halogens is 3. The van der Waals surface area contributed by atoms with Gasteiger partial charge >= 0.3 is 41.6 Å². The molecule has 1 aliphatic heterocycles. The molecule has 0 amide bonds. The van der Waals surface area contributed by atoms with Gasteiger partial charge in [0.2, 0.25) is 0 Å². The molecular weight excluding hydrogens is 1780 g/mol. The molecule has 0 saturated carbocycles. The molecule has 1 fully saturated rings. The molecule has 2 N–H and O–H groups in total. The second-order valence-electron chi connectivity index (χ2n) is 32.3. The fraction of sp³-hybridized carbons (Fsp3) is 0.173. The number of hydrogen-bond acceptors (Lipinski definition) is 8. The van der Waals surface area contributed by atoms with Gasteiger partial charge in [-0.25, -0.2) is 0 Å². The second-order valence-corrected chi connectivity index (χ2v) is 35.4. The van der Waals surface area contributed by atoms with Crippen molar-refractivity contribution in [3.05, 3.63) is 432 Å². The van der Waals surface area contributed by atoms with Gasteiger partial charge in [-0.3, -0.25) is 0 Å². The molecule has 616 valence electrons. The van der Waals surface area contributed by atoms with Crippen LogP contribution in [0.15, 0.2) is 355 Å². The van der Waals surface area contributed by atoms with Gasteiger partial charge in [-0.05, 0) is 299 Å². The summed E-state index contributed by atoms with van der Waals surface area (Å²) in [5.41, 5.74) is 35.4. The summed E-state index contributed by atoms with van der Waals surface area (Å²) in [6, 6.07) is 124. The Labute approximate surface area is 781 Å². The monoisotopic (exact) mass is 1870 g/mol. The van der Waals surface area contributed by atoms with E-state index in [9.17, 15) is 0 Å². The third-order valence-corrected chi connectivity index (χ3v) is 25.4. The zero-order chi connectivity index (χ0) is 86.1. The first kappa shape index (κ1) is 89.9. The fourth-order valence-corrected chi connectivity index (χ4v) is 20.8. The maximum absolute atomic E-state index is 9.08. The molecule has 6 aliphatic carbocycles. The number of unbranched alkanes of at least 4 members (excludes halogenated alkanes) is 1. The summed E-state index contributed by atoms with van der Waals surface area (Å²) in [7, 11) is 0.912. The van der Waals surface area contributed by atoms with E-state index in [-0.39, 0.29) is 53.4 Å².